The van der Waals surface area contributed by atoms with E-state index in [0.717, 1.165) is 0 Å². The largest absolute Gasteiger partial charge is 0.342 e. The molecule has 0 radical (unpaired) electrons. The number of Topliss-reactive ketones (excluding diaryl/α,β-unsaturated/α-hetero) is 1. The van der Waals surface area contributed by atoms with Crippen LogP contribution in [0.25, 0.3) is 0 Å². The number of hydrogen-bond donors (Lipinski definition) is 1. The Morgan fingerprint density at radius 3 is 1.75 bits per heavy atom. The minimum Gasteiger partial charge on any atom is -0.329 e. The van der Waals surface area contributed by atoms with E-state index in [1.165, 1.54) is 6.92 Å². The van der Waals surface area contributed by atoms with Gasteiger partial charge in [-0.05, 0) is 34.6 Å². The number of ketones is 1. The maximum atomic E-state index is 12.5. The normalized spacial score (nSPS) is 14.5. The zero-order valence-corrected chi connectivity index (χ0v) is 11.5. The third-order valence-corrected chi connectivity index (χ3v) is 4.56. The second-order valence-corrected chi connectivity index (χ2v) is 6.33. The molecule has 0 rings (SSSR count). The van der Waals surface area contributed by atoms with Gasteiger partial charge < -0.3 is 14.8 Å². The Kier molecular flexibility index (Phi) is 6.41. The van der Waals surface area contributed by atoms with Crippen molar-refractivity contribution in [2.75, 3.05) is 6.54 Å². The van der Waals surface area contributed by atoms with Crippen molar-refractivity contribution >= 4 is 13.4 Å². The average Bonchev–Trinajstić information content (AvgIpc) is 1.99. The molecule has 0 bridgehead atoms. The fourth-order valence-corrected chi connectivity index (χ4v) is 3.50. The molecule has 1 unspecified atom stereocenters. The van der Waals surface area contributed by atoms with Crippen LogP contribution in [0.15, 0.2) is 0 Å². The van der Waals surface area contributed by atoms with Gasteiger partial charge in [0.05, 0.1) is 12.2 Å². The van der Waals surface area contributed by atoms with E-state index in [2.05, 4.69) is 0 Å². The van der Waals surface area contributed by atoms with E-state index in [0.29, 0.717) is 0 Å². The van der Waals surface area contributed by atoms with Crippen LogP contribution in [-0.2, 0) is 18.4 Å². The molecule has 1 atom stereocenters. The molecule has 0 aliphatic rings. The highest BCUT2D eigenvalue weighted by Gasteiger charge is 2.40. The molecule has 0 amide bonds. The summed E-state index contributed by atoms with van der Waals surface area (Å²) in [5.41, 5.74) is 4.58. The summed E-state index contributed by atoms with van der Waals surface area (Å²) in [5.74, 6) is -0.271. The molecule has 0 saturated heterocycles. The highest BCUT2D eigenvalue weighted by molar-refractivity contribution is 7.55. The van der Waals surface area contributed by atoms with Crippen molar-refractivity contribution in [2.24, 2.45) is 5.73 Å². The van der Waals surface area contributed by atoms with Gasteiger partial charge in [0, 0.05) is 6.54 Å². The lowest BCUT2D eigenvalue weighted by Gasteiger charge is -2.27. The first-order chi connectivity index (χ1) is 7.23. The Balaban J connectivity index is 5.03. The third kappa shape index (κ3) is 4.74. The van der Waals surface area contributed by atoms with Crippen molar-refractivity contribution in [1.29, 1.82) is 0 Å². The predicted octanol–water partition coefficient (Wildman–Crippen LogP) is 1.95. The second-order valence-electron chi connectivity index (χ2n) is 4.21. The van der Waals surface area contributed by atoms with Gasteiger partial charge in [-0.25, -0.2) is 0 Å². The molecule has 0 heterocycles. The molecule has 0 aromatic carbocycles. The van der Waals surface area contributed by atoms with Gasteiger partial charge in [-0.15, -0.1) is 0 Å². The maximum absolute atomic E-state index is 12.5. The molecule has 0 spiro atoms. The number of carbonyl (C=O) groups excluding carboxylic acids is 1. The smallest absolute Gasteiger partial charge is 0.329 e. The summed E-state index contributed by atoms with van der Waals surface area (Å²) in [6.07, 6.45) is -0.559. The van der Waals surface area contributed by atoms with E-state index in [1.807, 2.05) is 0 Å². The maximum Gasteiger partial charge on any atom is 0.342 e. The number of rotatable bonds is 7. The zero-order valence-electron chi connectivity index (χ0n) is 10.6. The van der Waals surface area contributed by atoms with Gasteiger partial charge >= 0.3 is 7.60 Å². The fraction of sp³-hybridized carbons (Fsp3) is 0.900. The van der Waals surface area contributed by atoms with Gasteiger partial charge in [-0.2, -0.15) is 0 Å². The monoisotopic (exact) mass is 251 g/mol. The van der Waals surface area contributed by atoms with Crippen LogP contribution in [0.1, 0.15) is 34.6 Å². The van der Waals surface area contributed by atoms with Crippen LogP contribution >= 0.6 is 7.60 Å². The molecule has 0 fully saturated rings. The molecule has 2 N–H and O–H groups in total. The van der Waals surface area contributed by atoms with Crippen LogP contribution in [0, 0.1) is 0 Å². The van der Waals surface area contributed by atoms with Crippen LogP contribution in [0.3, 0.4) is 0 Å². The van der Waals surface area contributed by atoms with Crippen molar-refractivity contribution in [3.63, 3.8) is 0 Å². The van der Waals surface area contributed by atoms with Crippen molar-refractivity contribution in [1.82, 2.24) is 0 Å². The summed E-state index contributed by atoms with van der Waals surface area (Å²) < 4.78 is 23.1. The summed E-state index contributed by atoms with van der Waals surface area (Å²) >= 11 is 0. The molecule has 0 aromatic heterocycles. The number of carbonyl (C=O) groups is 1. The first-order valence-electron chi connectivity index (χ1n) is 5.40. The van der Waals surface area contributed by atoms with E-state index in [-0.39, 0.29) is 24.5 Å². The highest BCUT2D eigenvalue weighted by Crippen LogP contribution is 2.54. The Hall–Kier alpha value is -0.220. The van der Waals surface area contributed by atoms with E-state index in [4.69, 9.17) is 14.8 Å². The van der Waals surface area contributed by atoms with Crippen LogP contribution < -0.4 is 5.73 Å². The molecular formula is C10H22NO4P. The Morgan fingerprint density at radius 2 is 1.56 bits per heavy atom. The molecule has 16 heavy (non-hydrogen) atoms. The van der Waals surface area contributed by atoms with Crippen molar-refractivity contribution in [2.45, 2.75) is 52.5 Å². The molecule has 96 valence electrons. The molecular weight excluding hydrogens is 229 g/mol. The summed E-state index contributed by atoms with van der Waals surface area (Å²) in [6.45, 7) is 8.27. The minimum atomic E-state index is -3.47. The van der Waals surface area contributed by atoms with Crippen LogP contribution in [-0.4, -0.2) is 30.2 Å². The Bertz CT molecular complexity index is 264. The van der Waals surface area contributed by atoms with Gasteiger partial charge in [-0.3, -0.25) is 9.36 Å². The lowest BCUT2D eigenvalue weighted by atomic mass is 10.3. The lowest BCUT2D eigenvalue weighted by Crippen LogP contribution is -2.31. The summed E-state index contributed by atoms with van der Waals surface area (Å²) in [7, 11) is -3.47. The Morgan fingerprint density at radius 1 is 1.19 bits per heavy atom. The predicted molar refractivity (Wildman–Crippen MR) is 63.6 cm³/mol. The second kappa shape index (κ2) is 6.50. The van der Waals surface area contributed by atoms with Crippen LogP contribution in [0.4, 0.5) is 0 Å². The highest BCUT2D eigenvalue weighted by atomic mass is 31.2. The Labute approximate surface area is 97.2 Å². The third-order valence-electron chi connectivity index (χ3n) is 1.79. The van der Waals surface area contributed by atoms with E-state index >= 15 is 0 Å². The summed E-state index contributed by atoms with van der Waals surface area (Å²) in [4.78, 5) is 11.4. The molecule has 6 heteroatoms. The summed E-state index contributed by atoms with van der Waals surface area (Å²) in [5, 5.41) is 0. The number of hydrogen-bond acceptors (Lipinski definition) is 5. The molecule has 0 saturated carbocycles. The fourth-order valence-electron chi connectivity index (χ4n) is 1.28. The van der Waals surface area contributed by atoms with Crippen LogP contribution in [0.5, 0.6) is 0 Å². The first kappa shape index (κ1) is 15.8. The lowest BCUT2D eigenvalue weighted by molar-refractivity contribution is -0.116. The van der Waals surface area contributed by atoms with Crippen molar-refractivity contribution in [3.8, 4) is 0 Å². The molecule has 0 aliphatic carbocycles. The summed E-state index contributed by atoms with van der Waals surface area (Å²) in [6, 6.07) is 0. The van der Waals surface area contributed by atoms with E-state index < -0.39 is 13.3 Å². The van der Waals surface area contributed by atoms with Crippen molar-refractivity contribution < 1.29 is 18.4 Å². The number of nitrogens with two attached hydrogens (primary N) is 1. The SMILES string of the molecule is CC(=O)C(CN)P(=O)(OC(C)C)OC(C)C. The van der Waals surface area contributed by atoms with Gasteiger partial charge in [0.15, 0.2) is 0 Å². The minimum absolute atomic E-state index is 0.0357. The van der Waals surface area contributed by atoms with Crippen LogP contribution in [0.2, 0.25) is 0 Å². The molecule has 0 aliphatic heterocycles. The average molecular weight is 251 g/mol. The topological polar surface area (TPSA) is 78.6 Å². The molecule has 0 aromatic rings. The van der Waals surface area contributed by atoms with Gasteiger partial charge in [0.2, 0.25) is 0 Å². The van der Waals surface area contributed by atoms with E-state index in [1.54, 1.807) is 27.7 Å². The molecule has 5 nitrogen and oxygen atoms in total. The first-order valence-corrected chi connectivity index (χ1v) is 7.01. The van der Waals surface area contributed by atoms with Gasteiger partial charge in [0.1, 0.15) is 11.4 Å². The standard InChI is InChI=1S/C10H22NO4P/c1-7(2)14-16(13,15-8(3)4)10(6-11)9(5)12/h7-8,10H,6,11H2,1-5H3. The van der Waals surface area contributed by atoms with Gasteiger partial charge in [-0.1, -0.05) is 0 Å². The van der Waals surface area contributed by atoms with E-state index in [9.17, 15) is 9.36 Å². The van der Waals surface area contributed by atoms with Crippen molar-refractivity contribution in [3.05, 3.63) is 0 Å². The zero-order chi connectivity index (χ0) is 12.9. The quantitative estimate of drug-likeness (QED) is 0.699. The van der Waals surface area contributed by atoms with Gasteiger partial charge in [0.25, 0.3) is 0 Å².